The first-order valence-electron chi connectivity index (χ1n) is 13.3. The average molecular weight is 552 g/mol. The lowest BCUT2D eigenvalue weighted by atomic mass is 10.0. The van der Waals surface area contributed by atoms with Gasteiger partial charge in [-0.3, -0.25) is 14.5 Å². The van der Waals surface area contributed by atoms with Crippen LogP contribution in [0.15, 0.2) is 55.0 Å². The quantitative estimate of drug-likeness (QED) is 0.315. The molecule has 10 heteroatoms. The number of hydrogen-bond donors (Lipinski definition) is 2. The molecule has 3 aromatic rings. The minimum atomic E-state index is -0.687. The molecule has 1 unspecified atom stereocenters. The van der Waals surface area contributed by atoms with E-state index in [1.54, 1.807) is 24.3 Å². The molecule has 0 bridgehead atoms. The highest BCUT2D eigenvalue weighted by molar-refractivity contribution is 7.98. The Morgan fingerprint density at radius 3 is 2.82 bits per heavy atom. The molecule has 208 valence electrons. The monoisotopic (exact) mass is 551 g/mol. The van der Waals surface area contributed by atoms with Crippen molar-refractivity contribution in [2.45, 2.75) is 44.3 Å². The zero-order valence-corrected chi connectivity index (χ0v) is 23.4. The molecule has 0 aliphatic carbocycles. The number of carbonyl (C=O) groups excluding carboxylic acids is 3. The van der Waals surface area contributed by atoms with E-state index in [0.717, 1.165) is 40.6 Å². The van der Waals surface area contributed by atoms with Crippen LogP contribution in [-0.2, 0) is 32.1 Å². The van der Waals surface area contributed by atoms with Crippen LogP contribution in [0, 0.1) is 0 Å². The van der Waals surface area contributed by atoms with E-state index in [2.05, 4.69) is 44.5 Å². The van der Waals surface area contributed by atoms with Crippen molar-refractivity contribution in [2.24, 2.45) is 0 Å². The smallest absolute Gasteiger partial charge is 0.328 e. The van der Waals surface area contributed by atoms with E-state index in [1.807, 2.05) is 29.4 Å². The number of hydrogen-bond acceptors (Lipinski definition) is 7. The van der Waals surface area contributed by atoms with Gasteiger partial charge in [-0.05, 0) is 47.6 Å². The summed E-state index contributed by atoms with van der Waals surface area (Å²) in [7, 11) is 1.34. The molecule has 0 spiro atoms. The van der Waals surface area contributed by atoms with Gasteiger partial charge in [-0.15, -0.1) is 0 Å². The van der Waals surface area contributed by atoms with Crippen molar-refractivity contribution in [3.63, 3.8) is 0 Å². The molecule has 2 atom stereocenters. The van der Waals surface area contributed by atoms with Crippen molar-refractivity contribution < 1.29 is 19.1 Å². The molecule has 2 aromatic carbocycles. The van der Waals surface area contributed by atoms with Crippen molar-refractivity contribution in [3.8, 4) is 0 Å². The van der Waals surface area contributed by atoms with E-state index in [0.29, 0.717) is 26.1 Å². The lowest BCUT2D eigenvalue weighted by Gasteiger charge is -2.31. The van der Waals surface area contributed by atoms with Crippen LogP contribution in [0.2, 0.25) is 0 Å². The fraction of sp³-hybridized carbons (Fsp3) is 0.448. The molecule has 1 aliphatic rings. The normalized spacial score (nSPS) is 16.0. The number of amides is 2. The van der Waals surface area contributed by atoms with Crippen LogP contribution in [0.4, 0.5) is 0 Å². The Balaban J connectivity index is 1.51. The Hall–Kier alpha value is -3.37. The number of imidazole rings is 1. The number of likely N-dealkylation sites (tertiary alicyclic amines) is 1. The number of aromatic nitrogens is 2. The van der Waals surface area contributed by atoms with Crippen LogP contribution in [0.3, 0.4) is 0 Å². The fourth-order valence-corrected chi connectivity index (χ4v) is 5.70. The maximum Gasteiger partial charge on any atom is 0.328 e. The van der Waals surface area contributed by atoms with Gasteiger partial charge >= 0.3 is 5.97 Å². The largest absolute Gasteiger partial charge is 0.467 e. The molecule has 2 amide bonds. The number of nitrogens with one attached hydrogen (secondary N) is 2. The van der Waals surface area contributed by atoms with E-state index in [-0.39, 0.29) is 30.8 Å². The maximum absolute atomic E-state index is 13.2. The van der Waals surface area contributed by atoms with E-state index >= 15 is 0 Å². The number of H-pyrrole nitrogens is 1. The number of fused-ring (bicyclic) bond motifs is 1. The van der Waals surface area contributed by atoms with E-state index < -0.39 is 12.0 Å². The molecule has 1 saturated heterocycles. The molecule has 2 N–H and O–H groups in total. The van der Waals surface area contributed by atoms with Gasteiger partial charge in [0.15, 0.2) is 0 Å². The van der Waals surface area contributed by atoms with Crippen LogP contribution in [0.25, 0.3) is 10.8 Å². The third-order valence-electron chi connectivity index (χ3n) is 7.14. The Bertz CT molecular complexity index is 1250. The number of benzene rings is 2. The Labute approximate surface area is 233 Å². The Kier molecular flexibility index (Phi) is 10.4. The fourth-order valence-electron chi connectivity index (χ4n) is 5.22. The maximum atomic E-state index is 13.2. The second kappa shape index (κ2) is 14.1. The molecule has 2 heterocycles. The molecule has 0 radical (unpaired) electrons. The number of esters is 1. The number of nitrogens with zero attached hydrogens (tertiary/aromatic N) is 3. The lowest BCUT2D eigenvalue weighted by Crippen LogP contribution is -2.49. The van der Waals surface area contributed by atoms with Gasteiger partial charge in [0.1, 0.15) is 6.04 Å². The Morgan fingerprint density at radius 1 is 1.23 bits per heavy atom. The molecule has 39 heavy (non-hydrogen) atoms. The molecular weight excluding hydrogens is 514 g/mol. The van der Waals surface area contributed by atoms with Gasteiger partial charge in [-0.2, -0.15) is 11.8 Å². The van der Waals surface area contributed by atoms with E-state index in [4.69, 9.17) is 4.74 Å². The SMILES string of the molecule is COC(=O)[C@H](CCSC)NC(=O)CN(Cc1cccc2ccccc12)CC1CCCN1C(=O)Cc1cnc[nH]1. The molecular formula is C29H37N5O4S. The Morgan fingerprint density at radius 2 is 2.05 bits per heavy atom. The summed E-state index contributed by atoms with van der Waals surface area (Å²) in [4.78, 5) is 49.7. The molecule has 9 nitrogen and oxygen atoms in total. The topological polar surface area (TPSA) is 108 Å². The molecule has 1 aromatic heterocycles. The van der Waals surface area contributed by atoms with Crippen molar-refractivity contribution in [2.75, 3.05) is 38.8 Å². The minimum Gasteiger partial charge on any atom is -0.467 e. The van der Waals surface area contributed by atoms with Crippen LogP contribution in [0.5, 0.6) is 0 Å². The van der Waals surface area contributed by atoms with E-state index in [9.17, 15) is 14.4 Å². The zero-order valence-electron chi connectivity index (χ0n) is 22.6. The van der Waals surface area contributed by atoms with Crippen molar-refractivity contribution >= 4 is 40.3 Å². The number of rotatable bonds is 13. The summed E-state index contributed by atoms with van der Waals surface area (Å²) >= 11 is 1.61. The van der Waals surface area contributed by atoms with Gasteiger partial charge in [0, 0.05) is 37.6 Å². The number of ether oxygens (including phenoxy) is 1. The summed E-state index contributed by atoms with van der Waals surface area (Å²) in [6.07, 6.45) is 7.79. The minimum absolute atomic E-state index is 0.00362. The second-order valence-corrected chi connectivity index (χ2v) is 10.9. The van der Waals surface area contributed by atoms with Crippen molar-refractivity contribution in [1.29, 1.82) is 0 Å². The summed E-state index contributed by atoms with van der Waals surface area (Å²) in [6.45, 7) is 1.90. The van der Waals surface area contributed by atoms with Crippen LogP contribution < -0.4 is 5.32 Å². The van der Waals surface area contributed by atoms with Gasteiger partial charge in [-0.1, -0.05) is 42.5 Å². The van der Waals surface area contributed by atoms with E-state index in [1.165, 1.54) is 7.11 Å². The predicted octanol–water partition coefficient (Wildman–Crippen LogP) is 3.01. The first-order chi connectivity index (χ1) is 19.0. The molecule has 0 saturated carbocycles. The standard InChI is InChI=1S/C29H37N5O4S/c1-38-29(37)26(12-14-39-2)32-27(35)19-33(17-22-9-5-8-21-7-3-4-11-25(21)22)18-24-10-6-13-34(24)28(36)15-23-16-30-20-31-23/h3-5,7-9,11,16,20,24,26H,6,10,12-15,17-19H2,1-2H3,(H,30,31)(H,32,35)/t24?,26-/m0/s1. The highest BCUT2D eigenvalue weighted by Gasteiger charge is 2.31. The zero-order chi connectivity index (χ0) is 27.6. The molecule has 4 rings (SSSR count). The number of thioether (sulfide) groups is 1. The van der Waals surface area contributed by atoms with Gasteiger partial charge in [-0.25, -0.2) is 9.78 Å². The third-order valence-corrected chi connectivity index (χ3v) is 7.78. The van der Waals surface area contributed by atoms with Crippen molar-refractivity contribution in [3.05, 3.63) is 66.2 Å². The predicted molar refractivity (Wildman–Crippen MR) is 153 cm³/mol. The summed E-state index contributed by atoms with van der Waals surface area (Å²) in [6, 6.07) is 13.7. The number of methoxy groups -OCH3 is 1. The lowest BCUT2D eigenvalue weighted by molar-refractivity contribution is -0.145. The molecule has 1 aliphatic heterocycles. The summed E-state index contributed by atoms with van der Waals surface area (Å²) in [5.74, 6) is 0.110. The molecule has 1 fully saturated rings. The first kappa shape index (κ1) is 28.6. The second-order valence-electron chi connectivity index (χ2n) is 9.87. The summed E-state index contributed by atoms with van der Waals surface area (Å²) in [5.41, 5.74) is 1.90. The number of carbonyl (C=O) groups is 3. The van der Waals surface area contributed by atoms with Crippen LogP contribution in [-0.4, -0.2) is 88.4 Å². The first-order valence-corrected chi connectivity index (χ1v) is 14.7. The summed E-state index contributed by atoms with van der Waals surface area (Å²) < 4.78 is 4.92. The highest BCUT2D eigenvalue weighted by atomic mass is 32.2. The van der Waals surface area contributed by atoms with Crippen molar-refractivity contribution in [1.82, 2.24) is 25.1 Å². The van der Waals surface area contributed by atoms with Crippen LogP contribution >= 0.6 is 11.8 Å². The average Bonchev–Trinajstić information content (AvgIpc) is 3.63. The van der Waals surface area contributed by atoms with Gasteiger partial charge in [0.2, 0.25) is 11.8 Å². The van der Waals surface area contributed by atoms with Crippen LogP contribution in [0.1, 0.15) is 30.5 Å². The van der Waals surface area contributed by atoms with Gasteiger partial charge < -0.3 is 19.9 Å². The number of aromatic amines is 1. The summed E-state index contributed by atoms with van der Waals surface area (Å²) in [5, 5.41) is 5.16. The third kappa shape index (κ3) is 7.83. The highest BCUT2D eigenvalue weighted by Crippen LogP contribution is 2.23. The van der Waals surface area contributed by atoms with Gasteiger partial charge in [0.25, 0.3) is 0 Å². The van der Waals surface area contributed by atoms with Gasteiger partial charge in [0.05, 0.1) is 26.4 Å².